The van der Waals surface area contributed by atoms with Gasteiger partial charge in [0, 0.05) is 16.8 Å². The first-order chi connectivity index (χ1) is 11.8. The highest BCUT2D eigenvalue weighted by atomic mass is 35.5. The Balaban J connectivity index is 1.88. The standard InChI is InChI=1S/C19H20ClNO3S/c1-12-3-10-16(25(2,23)24)11-17(12)19(22)21-18(13-4-5-13)14-6-8-15(20)9-7-14/h3,6-11,13,18H,4-5H2,1-2H3,(H,21,22)/t18-/m0/s1. The van der Waals surface area contributed by atoms with E-state index in [1.807, 2.05) is 24.3 Å². The molecule has 1 aliphatic rings. The summed E-state index contributed by atoms with van der Waals surface area (Å²) in [7, 11) is -3.36. The molecule has 4 nitrogen and oxygen atoms in total. The van der Waals surface area contributed by atoms with Gasteiger partial charge in [-0.25, -0.2) is 8.42 Å². The fourth-order valence-electron chi connectivity index (χ4n) is 2.87. The van der Waals surface area contributed by atoms with Crippen LogP contribution < -0.4 is 5.32 Å². The zero-order valence-electron chi connectivity index (χ0n) is 14.1. The van der Waals surface area contributed by atoms with Gasteiger partial charge in [-0.3, -0.25) is 4.79 Å². The van der Waals surface area contributed by atoms with Gasteiger partial charge in [-0.15, -0.1) is 0 Å². The molecule has 2 aromatic carbocycles. The predicted molar refractivity (Wildman–Crippen MR) is 98.7 cm³/mol. The van der Waals surface area contributed by atoms with Crippen LogP contribution >= 0.6 is 11.6 Å². The fraction of sp³-hybridized carbons (Fsp3) is 0.316. The minimum absolute atomic E-state index is 0.0916. The van der Waals surface area contributed by atoms with Crippen molar-refractivity contribution in [2.75, 3.05) is 6.26 Å². The number of sulfone groups is 1. The average molecular weight is 378 g/mol. The van der Waals surface area contributed by atoms with E-state index in [-0.39, 0.29) is 16.8 Å². The number of aryl methyl sites for hydroxylation is 1. The Morgan fingerprint density at radius 3 is 2.36 bits per heavy atom. The molecule has 0 aromatic heterocycles. The van der Waals surface area contributed by atoms with Crippen LogP contribution in [-0.4, -0.2) is 20.6 Å². The number of hydrogen-bond acceptors (Lipinski definition) is 3. The van der Waals surface area contributed by atoms with Crippen LogP contribution in [0.1, 0.15) is 40.4 Å². The lowest BCUT2D eigenvalue weighted by molar-refractivity contribution is 0.0931. The van der Waals surface area contributed by atoms with Gasteiger partial charge in [-0.1, -0.05) is 29.8 Å². The SMILES string of the molecule is Cc1ccc(S(C)(=O)=O)cc1C(=O)N[C@H](c1ccc(Cl)cc1)C1CC1. The highest BCUT2D eigenvalue weighted by Gasteiger charge is 2.33. The number of benzene rings is 2. The largest absolute Gasteiger partial charge is 0.345 e. The highest BCUT2D eigenvalue weighted by molar-refractivity contribution is 7.90. The topological polar surface area (TPSA) is 63.2 Å². The van der Waals surface area contributed by atoms with Crippen LogP contribution in [0.2, 0.25) is 5.02 Å². The normalized spacial score (nSPS) is 15.6. The summed E-state index contributed by atoms with van der Waals surface area (Å²) in [5, 5.41) is 3.73. The molecule has 0 spiro atoms. The number of carbonyl (C=O) groups is 1. The quantitative estimate of drug-likeness (QED) is 0.858. The molecule has 1 fully saturated rings. The highest BCUT2D eigenvalue weighted by Crippen LogP contribution is 2.41. The number of carbonyl (C=O) groups excluding carboxylic acids is 1. The third-order valence-corrected chi connectivity index (χ3v) is 5.85. The maximum atomic E-state index is 12.8. The van der Waals surface area contributed by atoms with Gasteiger partial charge < -0.3 is 5.32 Å². The molecule has 0 aliphatic heterocycles. The predicted octanol–water partition coefficient (Wildman–Crippen LogP) is 3.93. The van der Waals surface area contributed by atoms with Crippen molar-refractivity contribution in [1.82, 2.24) is 5.32 Å². The molecule has 1 atom stereocenters. The Bertz CT molecular complexity index is 903. The van der Waals surface area contributed by atoms with E-state index in [1.54, 1.807) is 13.0 Å². The van der Waals surface area contributed by atoms with Crippen molar-refractivity contribution in [2.45, 2.75) is 30.7 Å². The first-order valence-electron chi connectivity index (χ1n) is 8.13. The Labute approximate surface area is 153 Å². The van der Waals surface area contributed by atoms with Gasteiger partial charge >= 0.3 is 0 Å². The lowest BCUT2D eigenvalue weighted by Gasteiger charge is -2.20. The molecule has 3 rings (SSSR count). The van der Waals surface area contributed by atoms with Crippen molar-refractivity contribution >= 4 is 27.3 Å². The van der Waals surface area contributed by atoms with Crippen LogP contribution in [-0.2, 0) is 9.84 Å². The summed E-state index contributed by atoms with van der Waals surface area (Å²) < 4.78 is 23.5. The molecule has 1 aliphatic carbocycles. The van der Waals surface area contributed by atoms with Crippen molar-refractivity contribution in [3.63, 3.8) is 0 Å². The van der Waals surface area contributed by atoms with E-state index in [9.17, 15) is 13.2 Å². The molecule has 0 bridgehead atoms. The Kier molecular flexibility index (Phi) is 4.89. The van der Waals surface area contributed by atoms with E-state index in [0.717, 1.165) is 30.2 Å². The van der Waals surface area contributed by atoms with Crippen molar-refractivity contribution in [3.05, 3.63) is 64.2 Å². The summed E-state index contributed by atoms with van der Waals surface area (Å²) >= 11 is 5.95. The van der Waals surface area contributed by atoms with E-state index >= 15 is 0 Å². The minimum atomic E-state index is -3.36. The Morgan fingerprint density at radius 1 is 1.16 bits per heavy atom. The fourth-order valence-corrected chi connectivity index (χ4v) is 3.64. The average Bonchev–Trinajstić information content (AvgIpc) is 3.37. The van der Waals surface area contributed by atoms with E-state index in [2.05, 4.69) is 5.32 Å². The van der Waals surface area contributed by atoms with Crippen LogP contribution in [0.3, 0.4) is 0 Å². The number of hydrogen-bond donors (Lipinski definition) is 1. The van der Waals surface area contributed by atoms with Crippen LogP contribution in [0.25, 0.3) is 0 Å². The molecule has 0 heterocycles. The van der Waals surface area contributed by atoms with Gasteiger partial charge in [0.1, 0.15) is 0 Å². The summed E-state index contributed by atoms with van der Waals surface area (Å²) in [6.07, 6.45) is 3.27. The molecule has 1 saturated carbocycles. The molecule has 132 valence electrons. The van der Waals surface area contributed by atoms with Gasteiger partial charge in [0.25, 0.3) is 5.91 Å². The van der Waals surface area contributed by atoms with E-state index < -0.39 is 9.84 Å². The van der Waals surface area contributed by atoms with E-state index in [1.165, 1.54) is 12.1 Å². The van der Waals surface area contributed by atoms with Crippen molar-refractivity contribution in [3.8, 4) is 0 Å². The molecule has 0 unspecified atom stereocenters. The van der Waals surface area contributed by atoms with Gasteiger partial charge in [0.05, 0.1) is 10.9 Å². The van der Waals surface area contributed by atoms with Gasteiger partial charge in [0.15, 0.2) is 9.84 Å². The summed E-state index contributed by atoms with van der Waals surface area (Å²) in [6.45, 7) is 1.80. The second kappa shape index (κ2) is 6.81. The molecule has 1 N–H and O–H groups in total. The summed E-state index contributed by atoms with van der Waals surface area (Å²) in [4.78, 5) is 12.9. The summed E-state index contributed by atoms with van der Waals surface area (Å²) in [5.41, 5.74) is 2.15. The second-order valence-corrected chi connectivity index (χ2v) is 9.04. The molecule has 2 aromatic rings. The first-order valence-corrected chi connectivity index (χ1v) is 10.4. The second-order valence-electron chi connectivity index (χ2n) is 6.59. The van der Waals surface area contributed by atoms with Gasteiger partial charge in [-0.2, -0.15) is 0 Å². The Hall–Kier alpha value is -1.85. The molecule has 1 amide bonds. The third-order valence-electron chi connectivity index (χ3n) is 4.49. The van der Waals surface area contributed by atoms with Crippen molar-refractivity contribution in [1.29, 1.82) is 0 Å². The van der Waals surface area contributed by atoms with Crippen molar-refractivity contribution in [2.24, 2.45) is 5.92 Å². The minimum Gasteiger partial charge on any atom is -0.345 e. The van der Waals surface area contributed by atoms with E-state index in [0.29, 0.717) is 16.5 Å². The number of halogens is 1. The monoisotopic (exact) mass is 377 g/mol. The summed E-state index contributed by atoms with van der Waals surface area (Å²) in [6, 6.07) is 12.0. The number of nitrogens with one attached hydrogen (secondary N) is 1. The first kappa shape index (κ1) is 18.0. The van der Waals surface area contributed by atoms with Gasteiger partial charge in [0.2, 0.25) is 0 Å². The molecule has 0 saturated heterocycles. The third kappa shape index (κ3) is 4.22. The Morgan fingerprint density at radius 2 is 1.80 bits per heavy atom. The zero-order valence-corrected chi connectivity index (χ0v) is 15.7. The molecular formula is C19H20ClNO3S. The number of amides is 1. The maximum absolute atomic E-state index is 12.8. The molecule has 25 heavy (non-hydrogen) atoms. The summed E-state index contributed by atoms with van der Waals surface area (Å²) in [5.74, 6) is 0.151. The smallest absolute Gasteiger partial charge is 0.252 e. The molecule has 0 radical (unpaired) electrons. The van der Waals surface area contributed by atoms with Crippen molar-refractivity contribution < 1.29 is 13.2 Å². The van der Waals surface area contributed by atoms with Crippen LogP contribution in [0.15, 0.2) is 47.4 Å². The van der Waals surface area contributed by atoms with Crippen LogP contribution in [0.5, 0.6) is 0 Å². The lowest BCUT2D eigenvalue weighted by Crippen LogP contribution is -2.30. The van der Waals surface area contributed by atoms with Gasteiger partial charge in [-0.05, 0) is 61.1 Å². The van der Waals surface area contributed by atoms with E-state index in [4.69, 9.17) is 11.6 Å². The molecular weight excluding hydrogens is 358 g/mol. The number of rotatable bonds is 5. The zero-order chi connectivity index (χ0) is 18.2. The molecule has 6 heteroatoms. The lowest BCUT2D eigenvalue weighted by atomic mass is 10.0. The van der Waals surface area contributed by atoms with Crippen LogP contribution in [0, 0.1) is 12.8 Å². The maximum Gasteiger partial charge on any atom is 0.252 e. The van der Waals surface area contributed by atoms with Crippen LogP contribution in [0.4, 0.5) is 0 Å².